The van der Waals surface area contributed by atoms with Crippen molar-refractivity contribution in [1.82, 2.24) is 4.72 Å². The highest BCUT2D eigenvalue weighted by atomic mass is 32.2. The Kier molecular flexibility index (Phi) is 4.31. The number of ether oxygens (including phenoxy) is 1. The Hall–Kier alpha value is -0.170. The van der Waals surface area contributed by atoms with E-state index in [9.17, 15) is 8.42 Å². The van der Waals surface area contributed by atoms with Crippen LogP contribution in [-0.4, -0.2) is 44.6 Å². The van der Waals surface area contributed by atoms with E-state index >= 15 is 0 Å². The van der Waals surface area contributed by atoms with Crippen LogP contribution in [0.25, 0.3) is 0 Å². The van der Waals surface area contributed by atoms with Crippen molar-refractivity contribution in [3.8, 4) is 0 Å². The summed E-state index contributed by atoms with van der Waals surface area (Å²) in [4.78, 5) is 0. The summed E-state index contributed by atoms with van der Waals surface area (Å²) in [6.45, 7) is 2.46. The molecule has 1 heterocycles. The van der Waals surface area contributed by atoms with Gasteiger partial charge in [0.1, 0.15) is 0 Å². The Morgan fingerprint density at radius 3 is 2.57 bits per heavy atom. The number of aliphatic hydroxyl groups is 1. The van der Waals surface area contributed by atoms with Gasteiger partial charge in [0.25, 0.3) is 0 Å². The Labute approximate surface area is 84.5 Å². The van der Waals surface area contributed by atoms with E-state index in [0.717, 1.165) is 0 Å². The van der Waals surface area contributed by atoms with Gasteiger partial charge in [-0.25, -0.2) is 13.1 Å². The topological polar surface area (TPSA) is 75.6 Å². The van der Waals surface area contributed by atoms with Gasteiger partial charge in [0.05, 0.1) is 11.9 Å². The molecule has 0 spiro atoms. The smallest absolute Gasteiger partial charge is 0.214 e. The molecule has 1 saturated heterocycles. The second-order valence-corrected chi connectivity index (χ2v) is 5.55. The molecule has 0 bridgehead atoms. The SMILES string of the molecule is C[C@H](CO)NS(=O)(=O)C1CCOCC1. The van der Waals surface area contributed by atoms with Gasteiger partial charge in [-0.1, -0.05) is 0 Å². The van der Waals surface area contributed by atoms with Gasteiger partial charge in [0, 0.05) is 19.3 Å². The molecule has 0 aromatic carbocycles. The average molecular weight is 223 g/mol. The van der Waals surface area contributed by atoms with Crippen molar-refractivity contribution >= 4 is 10.0 Å². The summed E-state index contributed by atoms with van der Waals surface area (Å²) in [6.07, 6.45) is 1.07. The minimum absolute atomic E-state index is 0.178. The van der Waals surface area contributed by atoms with Crippen LogP contribution in [0.3, 0.4) is 0 Å². The molecule has 0 saturated carbocycles. The molecule has 0 unspecified atom stereocenters. The molecule has 1 aliphatic heterocycles. The molecule has 1 atom stereocenters. The Bertz CT molecular complexity index is 259. The number of nitrogens with one attached hydrogen (secondary N) is 1. The average Bonchev–Trinajstić information content (AvgIpc) is 2.18. The lowest BCUT2D eigenvalue weighted by molar-refractivity contribution is 0.0980. The molecule has 14 heavy (non-hydrogen) atoms. The molecule has 0 radical (unpaired) electrons. The highest BCUT2D eigenvalue weighted by Crippen LogP contribution is 2.14. The largest absolute Gasteiger partial charge is 0.395 e. The standard InChI is InChI=1S/C8H17NO4S/c1-7(6-10)9-14(11,12)8-2-4-13-5-3-8/h7-10H,2-6H2,1H3/t7-/m1/s1. The lowest BCUT2D eigenvalue weighted by atomic mass is 10.2. The first-order chi connectivity index (χ1) is 6.56. The van der Waals surface area contributed by atoms with E-state index in [1.54, 1.807) is 6.92 Å². The lowest BCUT2D eigenvalue weighted by Gasteiger charge is -2.23. The van der Waals surface area contributed by atoms with Gasteiger partial charge in [-0.15, -0.1) is 0 Å². The van der Waals surface area contributed by atoms with Gasteiger partial charge in [0.2, 0.25) is 10.0 Å². The van der Waals surface area contributed by atoms with Gasteiger partial charge in [-0.2, -0.15) is 0 Å². The molecule has 0 amide bonds. The predicted molar refractivity (Wildman–Crippen MR) is 52.4 cm³/mol. The van der Waals surface area contributed by atoms with Crippen molar-refractivity contribution in [3.05, 3.63) is 0 Å². The summed E-state index contributed by atoms with van der Waals surface area (Å²) in [5.41, 5.74) is 0. The van der Waals surface area contributed by atoms with Crippen LogP contribution in [0.1, 0.15) is 19.8 Å². The first-order valence-corrected chi connectivity index (χ1v) is 6.30. The van der Waals surface area contributed by atoms with Crippen LogP contribution < -0.4 is 4.72 Å². The second-order valence-electron chi connectivity index (χ2n) is 3.56. The zero-order valence-corrected chi connectivity index (χ0v) is 9.09. The van der Waals surface area contributed by atoms with Crippen molar-refractivity contribution in [3.63, 3.8) is 0 Å². The lowest BCUT2D eigenvalue weighted by Crippen LogP contribution is -2.43. The molecule has 1 rings (SSSR count). The summed E-state index contributed by atoms with van der Waals surface area (Å²) < 4.78 is 30.9. The Balaban J connectivity index is 2.54. The minimum atomic E-state index is -3.28. The van der Waals surface area contributed by atoms with Crippen molar-refractivity contribution in [1.29, 1.82) is 0 Å². The summed E-state index contributed by atoms with van der Waals surface area (Å²) >= 11 is 0. The van der Waals surface area contributed by atoms with Crippen LogP contribution in [0.15, 0.2) is 0 Å². The van der Waals surface area contributed by atoms with E-state index in [1.165, 1.54) is 0 Å². The molecule has 0 aliphatic carbocycles. The molecule has 0 aromatic heterocycles. The van der Waals surface area contributed by atoms with Gasteiger partial charge < -0.3 is 9.84 Å². The molecule has 1 aliphatic rings. The fraction of sp³-hybridized carbons (Fsp3) is 1.00. The maximum Gasteiger partial charge on any atom is 0.214 e. The van der Waals surface area contributed by atoms with Crippen molar-refractivity contribution < 1.29 is 18.3 Å². The molecule has 6 heteroatoms. The predicted octanol–water partition coefficient (Wildman–Crippen LogP) is -0.534. The normalized spacial score (nSPS) is 22.1. The third-order valence-electron chi connectivity index (χ3n) is 2.25. The van der Waals surface area contributed by atoms with Crippen LogP contribution >= 0.6 is 0 Å². The fourth-order valence-corrected chi connectivity index (χ4v) is 3.04. The molecular formula is C8H17NO4S. The van der Waals surface area contributed by atoms with Gasteiger partial charge >= 0.3 is 0 Å². The third-order valence-corrected chi connectivity index (χ3v) is 4.33. The Morgan fingerprint density at radius 1 is 1.50 bits per heavy atom. The van der Waals surface area contributed by atoms with E-state index < -0.39 is 16.1 Å². The van der Waals surface area contributed by atoms with Crippen molar-refractivity contribution in [2.45, 2.75) is 31.1 Å². The zero-order valence-electron chi connectivity index (χ0n) is 8.27. The molecule has 0 aromatic rings. The van der Waals surface area contributed by atoms with E-state index in [1.807, 2.05) is 0 Å². The van der Waals surface area contributed by atoms with E-state index in [4.69, 9.17) is 9.84 Å². The van der Waals surface area contributed by atoms with Crippen molar-refractivity contribution in [2.75, 3.05) is 19.8 Å². The molecule has 5 nitrogen and oxygen atoms in total. The minimum Gasteiger partial charge on any atom is -0.395 e. The maximum atomic E-state index is 11.7. The maximum absolute atomic E-state index is 11.7. The number of rotatable bonds is 4. The number of aliphatic hydroxyl groups excluding tert-OH is 1. The molecule has 1 fully saturated rings. The third kappa shape index (κ3) is 3.20. The summed E-state index contributed by atoms with van der Waals surface area (Å²) in [7, 11) is -3.28. The zero-order chi connectivity index (χ0) is 10.6. The number of sulfonamides is 1. The van der Waals surface area contributed by atoms with Crippen LogP contribution in [-0.2, 0) is 14.8 Å². The van der Waals surface area contributed by atoms with Crippen LogP contribution in [0, 0.1) is 0 Å². The Morgan fingerprint density at radius 2 is 2.07 bits per heavy atom. The van der Waals surface area contributed by atoms with E-state index in [0.29, 0.717) is 26.1 Å². The van der Waals surface area contributed by atoms with Gasteiger partial charge in [-0.3, -0.25) is 0 Å². The van der Waals surface area contributed by atoms with E-state index in [-0.39, 0.29) is 11.9 Å². The van der Waals surface area contributed by atoms with Crippen LogP contribution in [0.2, 0.25) is 0 Å². The molecule has 84 valence electrons. The molecular weight excluding hydrogens is 206 g/mol. The number of hydrogen-bond acceptors (Lipinski definition) is 4. The summed E-state index contributed by atoms with van der Waals surface area (Å²) in [5, 5.41) is 8.37. The van der Waals surface area contributed by atoms with Crippen LogP contribution in [0.5, 0.6) is 0 Å². The first kappa shape index (κ1) is 11.9. The van der Waals surface area contributed by atoms with Gasteiger partial charge in [0.15, 0.2) is 0 Å². The quantitative estimate of drug-likeness (QED) is 0.671. The second kappa shape index (κ2) is 5.06. The number of hydrogen-bond donors (Lipinski definition) is 2. The van der Waals surface area contributed by atoms with Gasteiger partial charge in [-0.05, 0) is 19.8 Å². The highest BCUT2D eigenvalue weighted by molar-refractivity contribution is 7.90. The first-order valence-electron chi connectivity index (χ1n) is 4.76. The van der Waals surface area contributed by atoms with Crippen LogP contribution in [0.4, 0.5) is 0 Å². The van der Waals surface area contributed by atoms with E-state index in [2.05, 4.69) is 4.72 Å². The fourth-order valence-electron chi connectivity index (χ4n) is 1.40. The highest BCUT2D eigenvalue weighted by Gasteiger charge is 2.28. The van der Waals surface area contributed by atoms with Crippen molar-refractivity contribution in [2.24, 2.45) is 0 Å². The summed E-state index contributed by atoms with van der Waals surface area (Å²) in [5.74, 6) is 0. The molecule has 2 N–H and O–H groups in total. The summed E-state index contributed by atoms with van der Waals surface area (Å²) in [6, 6.07) is -0.414. The monoisotopic (exact) mass is 223 g/mol.